The van der Waals surface area contributed by atoms with Gasteiger partial charge in [-0.15, -0.1) is 0 Å². The van der Waals surface area contributed by atoms with Crippen molar-refractivity contribution in [2.45, 2.75) is 6.54 Å². The molecule has 0 spiro atoms. The molecule has 0 radical (unpaired) electrons. The van der Waals surface area contributed by atoms with Gasteiger partial charge in [-0.3, -0.25) is 9.69 Å². The van der Waals surface area contributed by atoms with Crippen molar-refractivity contribution in [1.82, 2.24) is 14.8 Å². The summed E-state index contributed by atoms with van der Waals surface area (Å²) in [7, 11) is 0. The van der Waals surface area contributed by atoms with E-state index in [0.29, 0.717) is 32.0 Å². The molecule has 142 valence electrons. The summed E-state index contributed by atoms with van der Waals surface area (Å²) < 4.78 is 5.31. The molecule has 4 rings (SSSR count). The first-order valence-corrected chi connectivity index (χ1v) is 9.64. The van der Waals surface area contributed by atoms with Crippen molar-refractivity contribution in [2.75, 3.05) is 57.4 Å². The molecule has 3 heterocycles. The minimum Gasteiger partial charge on any atom is -0.378 e. The highest BCUT2D eigenvalue weighted by Crippen LogP contribution is 2.17. The van der Waals surface area contributed by atoms with Crippen LogP contribution < -0.4 is 4.90 Å². The van der Waals surface area contributed by atoms with Crippen molar-refractivity contribution in [3.63, 3.8) is 0 Å². The molecule has 27 heavy (non-hydrogen) atoms. The summed E-state index contributed by atoms with van der Waals surface area (Å²) in [4.78, 5) is 23.6. The minimum absolute atomic E-state index is 0.00229. The summed E-state index contributed by atoms with van der Waals surface area (Å²) in [6.45, 7) is 7.52. The summed E-state index contributed by atoms with van der Waals surface area (Å²) in [6.07, 6.45) is 1.83. The molecule has 2 aliphatic rings. The predicted molar refractivity (Wildman–Crippen MR) is 105 cm³/mol. The van der Waals surface area contributed by atoms with E-state index in [-0.39, 0.29) is 5.91 Å². The van der Waals surface area contributed by atoms with Gasteiger partial charge in [0.15, 0.2) is 0 Å². The standard InChI is InChI=1S/C21H26N4O2/c26-21(25-12-14-27-15-13-25)20-7-6-19(16-22-20)24-10-8-23(9-11-24)17-18-4-2-1-3-5-18/h1-7,16H,8-15,17H2. The fourth-order valence-electron chi connectivity index (χ4n) is 3.63. The maximum Gasteiger partial charge on any atom is 0.272 e. The maximum atomic E-state index is 12.5. The van der Waals surface area contributed by atoms with Gasteiger partial charge >= 0.3 is 0 Å². The Balaban J connectivity index is 1.31. The Morgan fingerprint density at radius 1 is 0.926 bits per heavy atom. The highest BCUT2D eigenvalue weighted by atomic mass is 16.5. The van der Waals surface area contributed by atoms with Gasteiger partial charge in [0, 0.05) is 45.8 Å². The Morgan fingerprint density at radius 2 is 1.67 bits per heavy atom. The van der Waals surface area contributed by atoms with E-state index >= 15 is 0 Å². The van der Waals surface area contributed by atoms with Crippen molar-refractivity contribution < 1.29 is 9.53 Å². The van der Waals surface area contributed by atoms with Crippen molar-refractivity contribution in [1.29, 1.82) is 0 Å². The van der Waals surface area contributed by atoms with Crippen LogP contribution in [0.2, 0.25) is 0 Å². The number of carbonyl (C=O) groups excluding carboxylic acids is 1. The summed E-state index contributed by atoms with van der Waals surface area (Å²) in [5.41, 5.74) is 2.97. The van der Waals surface area contributed by atoms with E-state index in [2.05, 4.69) is 45.1 Å². The third-order valence-corrected chi connectivity index (χ3v) is 5.25. The summed E-state index contributed by atoms with van der Waals surface area (Å²) in [6, 6.07) is 14.5. The SMILES string of the molecule is O=C(c1ccc(N2CCN(Cc3ccccc3)CC2)cn1)N1CCOCC1. The van der Waals surface area contributed by atoms with Crippen LogP contribution in [-0.4, -0.2) is 73.2 Å². The van der Waals surface area contributed by atoms with E-state index in [9.17, 15) is 4.79 Å². The van der Waals surface area contributed by atoms with Gasteiger partial charge in [-0.2, -0.15) is 0 Å². The van der Waals surface area contributed by atoms with Crippen LogP contribution in [-0.2, 0) is 11.3 Å². The van der Waals surface area contributed by atoms with Crippen LogP contribution in [0, 0.1) is 0 Å². The van der Waals surface area contributed by atoms with Crippen LogP contribution >= 0.6 is 0 Å². The molecule has 6 nitrogen and oxygen atoms in total. The zero-order valence-electron chi connectivity index (χ0n) is 15.6. The topological polar surface area (TPSA) is 48.9 Å². The fourth-order valence-corrected chi connectivity index (χ4v) is 3.63. The Kier molecular flexibility index (Phi) is 5.65. The zero-order valence-corrected chi connectivity index (χ0v) is 15.6. The molecular weight excluding hydrogens is 340 g/mol. The second-order valence-corrected chi connectivity index (χ2v) is 7.06. The van der Waals surface area contributed by atoms with Gasteiger partial charge in [-0.1, -0.05) is 30.3 Å². The average molecular weight is 366 g/mol. The van der Waals surface area contributed by atoms with E-state index in [4.69, 9.17) is 4.74 Å². The number of morpholine rings is 1. The number of hydrogen-bond donors (Lipinski definition) is 0. The lowest BCUT2D eigenvalue weighted by Gasteiger charge is -2.36. The number of anilines is 1. The molecule has 0 unspecified atom stereocenters. The number of ether oxygens (including phenoxy) is 1. The van der Waals surface area contributed by atoms with Crippen LogP contribution in [0.5, 0.6) is 0 Å². The van der Waals surface area contributed by atoms with Gasteiger partial charge in [0.2, 0.25) is 0 Å². The Labute approximate surface area is 160 Å². The van der Waals surface area contributed by atoms with Crippen LogP contribution in [0.1, 0.15) is 16.1 Å². The minimum atomic E-state index is -0.00229. The summed E-state index contributed by atoms with van der Waals surface area (Å²) >= 11 is 0. The Bertz CT molecular complexity index is 737. The third kappa shape index (κ3) is 4.46. The van der Waals surface area contributed by atoms with E-state index in [1.807, 2.05) is 23.2 Å². The van der Waals surface area contributed by atoms with Crippen LogP contribution in [0.3, 0.4) is 0 Å². The largest absolute Gasteiger partial charge is 0.378 e. The Hall–Kier alpha value is -2.44. The maximum absolute atomic E-state index is 12.5. The monoisotopic (exact) mass is 366 g/mol. The van der Waals surface area contributed by atoms with Gasteiger partial charge in [0.1, 0.15) is 5.69 Å². The number of benzene rings is 1. The van der Waals surface area contributed by atoms with Gasteiger partial charge in [0.05, 0.1) is 25.1 Å². The molecule has 0 N–H and O–H groups in total. The van der Waals surface area contributed by atoms with Crippen molar-refractivity contribution in [3.8, 4) is 0 Å². The summed E-state index contributed by atoms with van der Waals surface area (Å²) in [5, 5.41) is 0. The average Bonchev–Trinajstić information content (AvgIpc) is 2.75. The molecule has 1 aromatic carbocycles. The number of aromatic nitrogens is 1. The first kappa shape index (κ1) is 17.9. The van der Waals surface area contributed by atoms with E-state index < -0.39 is 0 Å². The number of rotatable bonds is 4. The molecule has 0 atom stereocenters. The molecule has 1 aromatic heterocycles. The van der Waals surface area contributed by atoms with Crippen molar-refractivity contribution in [3.05, 3.63) is 59.9 Å². The molecule has 2 aromatic rings. The van der Waals surface area contributed by atoms with Gasteiger partial charge in [-0.05, 0) is 17.7 Å². The molecule has 0 bridgehead atoms. The number of carbonyl (C=O) groups is 1. The lowest BCUT2D eigenvalue weighted by Crippen LogP contribution is -2.46. The predicted octanol–water partition coefficient (Wildman–Crippen LogP) is 1.88. The zero-order chi connectivity index (χ0) is 18.5. The number of amides is 1. The quantitative estimate of drug-likeness (QED) is 0.827. The van der Waals surface area contributed by atoms with Gasteiger partial charge in [0.25, 0.3) is 5.91 Å². The normalized spacial score (nSPS) is 18.5. The molecule has 2 saturated heterocycles. The fraction of sp³-hybridized carbons (Fsp3) is 0.429. The third-order valence-electron chi connectivity index (χ3n) is 5.25. The van der Waals surface area contributed by atoms with Gasteiger partial charge < -0.3 is 14.5 Å². The summed E-state index contributed by atoms with van der Waals surface area (Å²) in [5.74, 6) is -0.00229. The van der Waals surface area contributed by atoms with Crippen molar-refractivity contribution in [2.24, 2.45) is 0 Å². The van der Waals surface area contributed by atoms with E-state index in [0.717, 1.165) is 38.4 Å². The van der Waals surface area contributed by atoms with E-state index in [1.165, 1.54) is 5.56 Å². The number of pyridine rings is 1. The molecule has 6 heteroatoms. The van der Waals surface area contributed by atoms with Crippen LogP contribution in [0.15, 0.2) is 48.7 Å². The second-order valence-electron chi connectivity index (χ2n) is 7.06. The lowest BCUT2D eigenvalue weighted by molar-refractivity contribution is 0.0299. The second kappa shape index (κ2) is 8.50. The van der Waals surface area contributed by atoms with Crippen LogP contribution in [0.25, 0.3) is 0 Å². The Morgan fingerprint density at radius 3 is 2.33 bits per heavy atom. The molecular formula is C21H26N4O2. The molecule has 2 aliphatic heterocycles. The molecule has 1 amide bonds. The molecule has 0 saturated carbocycles. The lowest BCUT2D eigenvalue weighted by atomic mass is 10.2. The first-order chi connectivity index (χ1) is 13.3. The number of hydrogen-bond acceptors (Lipinski definition) is 5. The first-order valence-electron chi connectivity index (χ1n) is 9.64. The molecule has 2 fully saturated rings. The van der Waals surface area contributed by atoms with Gasteiger partial charge in [-0.25, -0.2) is 4.98 Å². The van der Waals surface area contributed by atoms with Crippen LogP contribution in [0.4, 0.5) is 5.69 Å². The highest BCUT2D eigenvalue weighted by Gasteiger charge is 2.21. The number of piperazine rings is 1. The highest BCUT2D eigenvalue weighted by molar-refractivity contribution is 5.92. The van der Waals surface area contributed by atoms with E-state index in [1.54, 1.807) is 0 Å². The molecule has 0 aliphatic carbocycles. The number of nitrogens with zero attached hydrogens (tertiary/aromatic N) is 4. The van der Waals surface area contributed by atoms with Crippen molar-refractivity contribution >= 4 is 11.6 Å². The smallest absolute Gasteiger partial charge is 0.272 e.